The van der Waals surface area contributed by atoms with Crippen LogP contribution in [0.4, 0.5) is 0 Å². The van der Waals surface area contributed by atoms with Gasteiger partial charge in [0.1, 0.15) is 5.60 Å². The van der Waals surface area contributed by atoms with Crippen LogP contribution >= 0.6 is 0 Å². The monoisotopic (exact) mass is 278 g/mol. The van der Waals surface area contributed by atoms with E-state index in [2.05, 4.69) is 0 Å². The Balaban J connectivity index is 2.89. The fourth-order valence-electron chi connectivity index (χ4n) is 1.56. The number of hydrogen-bond donors (Lipinski definition) is 0. The average Bonchev–Trinajstić information content (AvgIpc) is 2.36. The van der Waals surface area contributed by atoms with Gasteiger partial charge in [-0.05, 0) is 51.5 Å². The molecule has 1 rings (SSSR count). The van der Waals surface area contributed by atoms with E-state index in [1.54, 1.807) is 20.1 Å². The Hall–Kier alpha value is -1.97. The van der Waals surface area contributed by atoms with Gasteiger partial charge in [0, 0.05) is 6.08 Å². The summed E-state index contributed by atoms with van der Waals surface area (Å²) in [5, 5.41) is 0. The first kappa shape index (κ1) is 16.1. The van der Waals surface area contributed by atoms with Crippen molar-refractivity contribution in [1.82, 2.24) is 0 Å². The molecule has 1 aromatic carbocycles. The molecule has 0 fully saturated rings. The standard InChI is InChI=1S/C16H22O4/c1-6-19-15(17)10-8-12-7-9-13(14(11-12)18-5)20-16(2,3)4/h7-11H,6H2,1-5H3/b10-8+. The van der Waals surface area contributed by atoms with Gasteiger partial charge in [-0.15, -0.1) is 0 Å². The third-order valence-electron chi connectivity index (χ3n) is 2.30. The molecule has 20 heavy (non-hydrogen) atoms. The summed E-state index contributed by atoms with van der Waals surface area (Å²) in [4.78, 5) is 11.3. The molecular formula is C16H22O4. The SMILES string of the molecule is CCOC(=O)/C=C/c1ccc(OC(C)(C)C)c(OC)c1. The predicted molar refractivity (Wildman–Crippen MR) is 79.0 cm³/mol. The van der Waals surface area contributed by atoms with Gasteiger partial charge in [0.05, 0.1) is 13.7 Å². The molecule has 0 unspecified atom stereocenters. The van der Waals surface area contributed by atoms with Crippen molar-refractivity contribution in [1.29, 1.82) is 0 Å². The van der Waals surface area contributed by atoms with Gasteiger partial charge in [-0.1, -0.05) is 6.07 Å². The Kier molecular flexibility index (Phi) is 5.62. The molecule has 0 radical (unpaired) electrons. The fraction of sp³-hybridized carbons (Fsp3) is 0.438. The molecule has 0 amide bonds. The summed E-state index contributed by atoms with van der Waals surface area (Å²) in [6.45, 7) is 8.06. The molecule has 0 atom stereocenters. The summed E-state index contributed by atoms with van der Waals surface area (Å²) < 4.78 is 15.9. The summed E-state index contributed by atoms with van der Waals surface area (Å²) in [6, 6.07) is 5.50. The van der Waals surface area contributed by atoms with E-state index in [4.69, 9.17) is 14.2 Å². The van der Waals surface area contributed by atoms with Crippen LogP contribution in [0, 0.1) is 0 Å². The lowest BCUT2D eigenvalue weighted by atomic mass is 10.1. The van der Waals surface area contributed by atoms with Crippen molar-refractivity contribution >= 4 is 12.0 Å². The van der Waals surface area contributed by atoms with Gasteiger partial charge in [-0.3, -0.25) is 0 Å². The number of ether oxygens (including phenoxy) is 3. The maximum Gasteiger partial charge on any atom is 0.330 e. The van der Waals surface area contributed by atoms with Gasteiger partial charge in [0.15, 0.2) is 11.5 Å². The number of methoxy groups -OCH3 is 1. The highest BCUT2D eigenvalue weighted by molar-refractivity contribution is 5.87. The van der Waals surface area contributed by atoms with Crippen LogP contribution in [0.2, 0.25) is 0 Å². The summed E-state index contributed by atoms with van der Waals surface area (Å²) in [5.74, 6) is 0.945. The maximum absolute atomic E-state index is 11.3. The second-order valence-electron chi connectivity index (χ2n) is 5.21. The Morgan fingerprint density at radius 1 is 1.25 bits per heavy atom. The van der Waals surface area contributed by atoms with E-state index in [-0.39, 0.29) is 11.6 Å². The van der Waals surface area contributed by atoms with Crippen molar-refractivity contribution in [2.45, 2.75) is 33.3 Å². The molecule has 0 bridgehead atoms. The lowest BCUT2D eigenvalue weighted by molar-refractivity contribution is -0.137. The van der Waals surface area contributed by atoms with Crippen LogP contribution in [0.3, 0.4) is 0 Å². The molecule has 4 nitrogen and oxygen atoms in total. The van der Waals surface area contributed by atoms with Crippen molar-refractivity contribution < 1.29 is 19.0 Å². The molecule has 0 aliphatic rings. The van der Waals surface area contributed by atoms with Gasteiger partial charge in [0.2, 0.25) is 0 Å². The summed E-state index contributed by atoms with van der Waals surface area (Å²) >= 11 is 0. The van der Waals surface area contributed by atoms with Gasteiger partial charge in [-0.2, -0.15) is 0 Å². The molecule has 0 heterocycles. The minimum atomic E-state index is -0.360. The zero-order valence-electron chi connectivity index (χ0n) is 12.7. The molecule has 1 aromatic rings. The Bertz CT molecular complexity index is 484. The maximum atomic E-state index is 11.3. The van der Waals surface area contributed by atoms with E-state index >= 15 is 0 Å². The molecule has 0 aromatic heterocycles. The van der Waals surface area contributed by atoms with Crippen LogP contribution in [0.25, 0.3) is 6.08 Å². The Labute approximate surface area is 120 Å². The molecule has 110 valence electrons. The van der Waals surface area contributed by atoms with Crippen molar-refractivity contribution in [3.05, 3.63) is 29.8 Å². The normalized spacial score (nSPS) is 11.4. The third-order valence-corrected chi connectivity index (χ3v) is 2.30. The molecule has 0 spiro atoms. The number of benzene rings is 1. The minimum absolute atomic E-state index is 0.296. The van der Waals surface area contributed by atoms with Crippen LogP contribution in [0.1, 0.15) is 33.3 Å². The van der Waals surface area contributed by atoms with Crippen molar-refractivity contribution in [3.63, 3.8) is 0 Å². The highest BCUT2D eigenvalue weighted by Gasteiger charge is 2.15. The lowest BCUT2D eigenvalue weighted by Gasteiger charge is -2.22. The van der Waals surface area contributed by atoms with E-state index in [1.807, 2.05) is 39.0 Å². The fourth-order valence-corrected chi connectivity index (χ4v) is 1.56. The quantitative estimate of drug-likeness (QED) is 0.611. The number of hydrogen-bond acceptors (Lipinski definition) is 4. The zero-order chi connectivity index (χ0) is 15.2. The smallest absolute Gasteiger partial charge is 0.330 e. The third kappa shape index (κ3) is 5.34. The van der Waals surface area contributed by atoms with Gasteiger partial charge in [-0.25, -0.2) is 4.79 Å². The molecule has 0 aliphatic heterocycles. The van der Waals surface area contributed by atoms with Gasteiger partial charge < -0.3 is 14.2 Å². The van der Waals surface area contributed by atoms with Crippen LogP contribution < -0.4 is 9.47 Å². The van der Waals surface area contributed by atoms with E-state index < -0.39 is 0 Å². The highest BCUT2D eigenvalue weighted by Crippen LogP contribution is 2.31. The van der Waals surface area contributed by atoms with Gasteiger partial charge in [0.25, 0.3) is 0 Å². The molecule has 0 saturated carbocycles. The first-order chi connectivity index (χ1) is 9.35. The van der Waals surface area contributed by atoms with Crippen molar-refractivity contribution in [2.24, 2.45) is 0 Å². The molecular weight excluding hydrogens is 256 g/mol. The van der Waals surface area contributed by atoms with E-state index in [0.29, 0.717) is 18.1 Å². The van der Waals surface area contributed by atoms with E-state index in [1.165, 1.54) is 6.08 Å². The van der Waals surface area contributed by atoms with Crippen molar-refractivity contribution in [2.75, 3.05) is 13.7 Å². The minimum Gasteiger partial charge on any atom is -0.493 e. The molecule has 0 aliphatic carbocycles. The molecule has 0 N–H and O–H groups in total. The van der Waals surface area contributed by atoms with Crippen molar-refractivity contribution in [3.8, 4) is 11.5 Å². The Morgan fingerprint density at radius 3 is 2.50 bits per heavy atom. The molecule has 4 heteroatoms. The van der Waals surface area contributed by atoms with Crippen LogP contribution in [0.5, 0.6) is 11.5 Å². The highest BCUT2D eigenvalue weighted by atomic mass is 16.5. The summed E-state index contributed by atoms with van der Waals surface area (Å²) in [6.07, 6.45) is 3.07. The van der Waals surface area contributed by atoms with Crippen LogP contribution in [-0.4, -0.2) is 25.3 Å². The number of carbonyl (C=O) groups excluding carboxylic acids is 1. The first-order valence-corrected chi connectivity index (χ1v) is 6.57. The number of esters is 1. The van der Waals surface area contributed by atoms with Crippen LogP contribution in [0.15, 0.2) is 24.3 Å². The van der Waals surface area contributed by atoms with Gasteiger partial charge >= 0.3 is 5.97 Å². The largest absolute Gasteiger partial charge is 0.493 e. The topological polar surface area (TPSA) is 44.8 Å². The second kappa shape index (κ2) is 6.98. The Morgan fingerprint density at radius 2 is 1.95 bits per heavy atom. The van der Waals surface area contributed by atoms with E-state index in [9.17, 15) is 4.79 Å². The van der Waals surface area contributed by atoms with Crippen LogP contribution in [-0.2, 0) is 9.53 Å². The zero-order valence-corrected chi connectivity index (χ0v) is 12.7. The lowest BCUT2D eigenvalue weighted by Crippen LogP contribution is -2.23. The predicted octanol–water partition coefficient (Wildman–Crippen LogP) is 3.45. The molecule has 0 saturated heterocycles. The number of carbonyl (C=O) groups is 1. The summed E-state index contributed by atoms with van der Waals surface area (Å²) in [5.41, 5.74) is 0.548. The average molecular weight is 278 g/mol. The summed E-state index contributed by atoms with van der Waals surface area (Å²) in [7, 11) is 1.59. The number of rotatable bonds is 5. The second-order valence-corrected chi connectivity index (χ2v) is 5.21. The first-order valence-electron chi connectivity index (χ1n) is 6.57. The van der Waals surface area contributed by atoms with E-state index in [0.717, 1.165) is 5.56 Å².